The van der Waals surface area contributed by atoms with E-state index in [0.29, 0.717) is 51.9 Å². The summed E-state index contributed by atoms with van der Waals surface area (Å²) in [6.45, 7) is 1.34. The molecule has 20 nitrogen and oxygen atoms in total. The van der Waals surface area contributed by atoms with Gasteiger partial charge in [-0.2, -0.15) is 13.8 Å². The van der Waals surface area contributed by atoms with Crippen molar-refractivity contribution in [1.29, 1.82) is 0 Å². The molecule has 3 aromatic rings. The number of ether oxygens (including phenoxy) is 3. The number of halogens is 3. The Bertz CT molecular complexity index is 2500. The molecule has 1 unspecified atom stereocenters. The summed E-state index contributed by atoms with van der Waals surface area (Å²) in [7, 11) is 2.60. The lowest BCUT2D eigenvalue weighted by atomic mass is 10.0. The van der Waals surface area contributed by atoms with Gasteiger partial charge in [0.15, 0.2) is 5.82 Å². The van der Waals surface area contributed by atoms with E-state index in [2.05, 4.69) is 36.1 Å². The largest absolute Gasteiger partial charge is 0.495 e. The molecule has 0 bridgehead atoms. The second-order valence-electron chi connectivity index (χ2n) is 17.2. The molecular formula is C45H51F3N10O10. The van der Waals surface area contributed by atoms with Gasteiger partial charge in [-0.1, -0.05) is 18.9 Å². The van der Waals surface area contributed by atoms with Crippen LogP contribution in [0.2, 0.25) is 0 Å². The van der Waals surface area contributed by atoms with Gasteiger partial charge in [0.05, 0.1) is 67.7 Å². The van der Waals surface area contributed by atoms with Gasteiger partial charge in [-0.25, -0.2) is 9.37 Å². The molecule has 1 saturated carbocycles. The summed E-state index contributed by atoms with van der Waals surface area (Å²) in [6, 6.07) is 5.12. The van der Waals surface area contributed by atoms with E-state index in [1.54, 1.807) is 0 Å². The number of benzene rings is 2. The summed E-state index contributed by atoms with van der Waals surface area (Å²) < 4.78 is 62.3. The molecule has 2 saturated heterocycles. The molecule has 0 radical (unpaired) electrons. The second kappa shape index (κ2) is 20.2. The maximum absolute atomic E-state index is 15.6. The zero-order chi connectivity index (χ0) is 48.3. The van der Waals surface area contributed by atoms with Crippen LogP contribution in [0.4, 0.5) is 42.0 Å². The van der Waals surface area contributed by atoms with Gasteiger partial charge < -0.3 is 44.9 Å². The van der Waals surface area contributed by atoms with Crippen LogP contribution in [0.1, 0.15) is 82.4 Å². The zero-order valence-electron chi connectivity index (χ0n) is 37.4. The summed E-state index contributed by atoms with van der Waals surface area (Å²) in [5, 5.41) is 10.5. The Hall–Kier alpha value is -6.72. The van der Waals surface area contributed by atoms with Crippen molar-refractivity contribution >= 4 is 70.2 Å². The molecule has 362 valence electrons. The quantitative estimate of drug-likeness (QED) is 0.119. The van der Waals surface area contributed by atoms with Gasteiger partial charge in [-0.3, -0.25) is 43.8 Å². The minimum absolute atomic E-state index is 0.00444. The van der Waals surface area contributed by atoms with Crippen molar-refractivity contribution in [3.05, 3.63) is 59.0 Å². The highest BCUT2D eigenvalue weighted by molar-refractivity contribution is 6.26. The van der Waals surface area contributed by atoms with Crippen LogP contribution in [-0.2, 0) is 28.7 Å². The van der Waals surface area contributed by atoms with E-state index in [0.717, 1.165) is 28.7 Å². The fourth-order valence-electron chi connectivity index (χ4n) is 9.17. The first-order valence-corrected chi connectivity index (χ1v) is 22.4. The third-order valence-corrected chi connectivity index (χ3v) is 12.7. The lowest BCUT2D eigenvalue weighted by Gasteiger charge is -2.32. The van der Waals surface area contributed by atoms with Crippen LogP contribution in [0.15, 0.2) is 36.5 Å². The first-order chi connectivity index (χ1) is 32.6. The molecule has 2 aromatic carbocycles. The van der Waals surface area contributed by atoms with E-state index in [4.69, 9.17) is 14.2 Å². The predicted molar refractivity (Wildman–Crippen MR) is 237 cm³/mol. The van der Waals surface area contributed by atoms with Gasteiger partial charge in [0.1, 0.15) is 29.9 Å². The molecule has 68 heavy (non-hydrogen) atoms. The van der Waals surface area contributed by atoms with Gasteiger partial charge in [0, 0.05) is 51.3 Å². The third-order valence-electron chi connectivity index (χ3n) is 12.7. The van der Waals surface area contributed by atoms with Gasteiger partial charge >= 0.3 is 5.92 Å². The summed E-state index contributed by atoms with van der Waals surface area (Å²) in [5.41, 5.74) is 0.0588. The molecule has 0 spiro atoms. The Balaban J connectivity index is 0.757. The maximum Gasteiger partial charge on any atom is 0.342 e. The van der Waals surface area contributed by atoms with Crippen molar-refractivity contribution < 1.29 is 60.9 Å². The van der Waals surface area contributed by atoms with Crippen LogP contribution >= 0.6 is 0 Å². The Morgan fingerprint density at radius 2 is 1.69 bits per heavy atom. The monoisotopic (exact) mass is 948 g/mol. The summed E-state index contributed by atoms with van der Waals surface area (Å²) in [6.07, 6.45) is 5.51. The topological polar surface area (TPSA) is 234 Å². The first kappa shape index (κ1) is 47.8. The number of methoxy groups -OCH3 is 1. The minimum Gasteiger partial charge on any atom is -0.495 e. The second-order valence-corrected chi connectivity index (χ2v) is 17.2. The fourth-order valence-corrected chi connectivity index (χ4v) is 9.17. The number of nitrogens with zero attached hydrogens (tertiary/aromatic N) is 6. The molecule has 1 aromatic heterocycles. The molecule has 5 heterocycles. The number of aromatic nitrogens is 2. The molecule has 1 aliphatic carbocycles. The summed E-state index contributed by atoms with van der Waals surface area (Å²) in [5.74, 6) is -9.49. The van der Waals surface area contributed by atoms with E-state index in [1.807, 2.05) is 0 Å². The zero-order valence-corrected chi connectivity index (χ0v) is 37.4. The number of fused-ring (bicyclic) bond motifs is 2. The van der Waals surface area contributed by atoms with Gasteiger partial charge in [0.25, 0.3) is 23.6 Å². The van der Waals surface area contributed by atoms with Crippen molar-refractivity contribution in [3.8, 4) is 5.75 Å². The molecular weight excluding hydrogens is 898 g/mol. The first-order valence-electron chi connectivity index (χ1n) is 22.4. The Kier molecular flexibility index (Phi) is 14.2. The van der Waals surface area contributed by atoms with Crippen molar-refractivity contribution in [2.75, 3.05) is 87.2 Å². The van der Waals surface area contributed by atoms with E-state index in [9.17, 15) is 33.6 Å². The standard InChI is InChI=1S/C45H51F3N10O10/c1-55-33-22-49-44(54-38(33)57(26-6-3-4-7-26)24-45(47,48)43(55)65)52-31-21-29(46)28(20-34(31)66-2)39(61)50-25-12-14-56(15-13-25)16-17-67-18-19-68-23-36(60)51-30-9-5-8-27-37(30)42(64)58(41(27)63)32-10-11-35(59)53-40(32)62/h5,8-9,20-22,25-26,32H,3-4,6-7,10-19,23-24H2,1-2H3,(H,50,61)(H,51,60)(H,49,52,54)(H,53,59,62). The van der Waals surface area contributed by atoms with Gasteiger partial charge in [0.2, 0.25) is 23.7 Å². The molecule has 4 aliphatic heterocycles. The highest BCUT2D eigenvalue weighted by Gasteiger charge is 2.49. The van der Waals surface area contributed by atoms with Crippen molar-refractivity contribution in [2.24, 2.45) is 0 Å². The van der Waals surface area contributed by atoms with Gasteiger partial charge in [-0.15, -0.1) is 0 Å². The Morgan fingerprint density at radius 3 is 2.43 bits per heavy atom. The van der Waals surface area contributed by atoms with Crippen molar-refractivity contribution in [1.82, 2.24) is 30.4 Å². The number of rotatable bonds is 16. The molecule has 7 amide bonds. The number of hydrogen-bond acceptors (Lipinski definition) is 15. The third kappa shape index (κ3) is 10.1. The molecule has 8 rings (SSSR count). The SMILES string of the molecule is COc1cc(C(=O)NC2CCN(CCOCCOCC(=O)Nc3cccc4c3C(=O)N(C3CCC(=O)NC3=O)C4=O)CC2)c(F)cc1Nc1ncc2c(n1)N(C1CCCC1)CC(F)(F)C(=O)N2C. The van der Waals surface area contributed by atoms with Crippen LogP contribution < -0.4 is 35.8 Å². The average Bonchev–Trinajstić information content (AvgIpc) is 3.93. The number of carbonyl (C=O) groups is 7. The molecule has 23 heteroatoms. The number of hydrogen-bond donors (Lipinski definition) is 4. The van der Waals surface area contributed by atoms with Crippen LogP contribution in [-0.4, -0.2) is 152 Å². The molecule has 1 atom stereocenters. The lowest BCUT2D eigenvalue weighted by Crippen LogP contribution is -2.54. The number of imide groups is 2. The Morgan fingerprint density at radius 1 is 0.941 bits per heavy atom. The highest BCUT2D eigenvalue weighted by Crippen LogP contribution is 2.40. The van der Waals surface area contributed by atoms with Crippen LogP contribution in [0.5, 0.6) is 5.75 Å². The van der Waals surface area contributed by atoms with E-state index in [-0.39, 0.29) is 96.0 Å². The molecule has 3 fully saturated rings. The average molecular weight is 949 g/mol. The number of carbonyl (C=O) groups excluding carboxylic acids is 7. The number of alkyl halides is 2. The normalized spacial score (nSPS) is 20.0. The molecule has 4 N–H and O–H groups in total. The highest BCUT2D eigenvalue weighted by atomic mass is 19.3. The molecule has 5 aliphatic rings. The number of nitrogens with one attached hydrogen (secondary N) is 4. The minimum atomic E-state index is -3.65. The van der Waals surface area contributed by atoms with Crippen molar-refractivity contribution in [2.45, 2.75) is 75.4 Å². The fraction of sp³-hybridized carbons (Fsp3) is 0.489. The number of piperidine rings is 2. The van der Waals surface area contributed by atoms with Gasteiger partial charge in [-0.05, 0) is 50.3 Å². The van der Waals surface area contributed by atoms with E-state index < -0.39 is 65.7 Å². The Labute approximate surface area is 388 Å². The van der Waals surface area contributed by atoms with Crippen LogP contribution in [0.25, 0.3) is 0 Å². The predicted octanol–water partition coefficient (Wildman–Crippen LogP) is 3.00. The van der Waals surface area contributed by atoms with Crippen LogP contribution in [0.3, 0.4) is 0 Å². The van der Waals surface area contributed by atoms with Crippen molar-refractivity contribution in [3.63, 3.8) is 0 Å². The lowest BCUT2D eigenvalue weighted by molar-refractivity contribution is -0.140. The number of anilines is 5. The summed E-state index contributed by atoms with van der Waals surface area (Å²) >= 11 is 0. The van der Waals surface area contributed by atoms with E-state index in [1.165, 1.54) is 49.5 Å². The smallest absolute Gasteiger partial charge is 0.342 e. The summed E-state index contributed by atoms with van der Waals surface area (Å²) in [4.78, 5) is 103. The maximum atomic E-state index is 15.6. The van der Waals surface area contributed by atoms with E-state index >= 15 is 13.2 Å². The number of amides is 7. The number of likely N-dealkylation sites (tertiary alicyclic amines) is 1. The van der Waals surface area contributed by atoms with Crippen LogP contribution in [0, 0.1) is 5.82 Å².